The molecule has 1 aromatic rings. The summed E-state index contributed by atoms with van der Waals surface area (Å²) in [6.45, 7) is 5.77. The molecular weight excluding hydrogens is 220 g/mol. The predicted octanol–water partition coefficient (Wildman–Crippen LogP) is 0.981. The molecule has 0 aliphatic carbocycles. The van der Waals surface area contributed by atoms with Crippen molar-refractivity contribution >= 4 is 5.91 Å². The van der Waals surface area contributed by atoms with Crippen molar-refractivity contribution in [3.63, 3.8) is 0 Å². The largest absolute Gasteiger partial charge is 0.478 e. The van der Waals surface area contributed by atoms with Gasteiger partial charge in [0.25, 0.3) is 5.91 Å². The minimum Gasteiger partial charge on any atom is -0.478 e. The van der Waals surface area contributed by atoms with E-state index in [2.05, 4.69) is 10.3 Å². The van der Waals surface area contributed by atoms with Crippen LogP contribution in [0.3, 0.4) is 0 Å². The maximum atomic E-state index is 11.8. The lowest BCUT2D eigenvalue weighted by atomic mass is 10.1. The molecule has 17 heavy (non-hydrogen) atoms. The quantitative estimate of drug-likeness (QED) is 0.802. The highest BCUT2D eigenvalue weighted by Crippen LogP contribution is 2.09. The van der Waals surface area contributed by atoms with Gasteiger partial charge in [0.05, 0.1) is 24.3 Å². The Morgan fingerprint density at radius 2 is 2.24 bits per heavy atom. The number of aromatic nitrogens is 1. The van der Waals surface area contributed by atoms with Gasteiger partial charge in [0, 0.05) is 12.3 Å². The van der Waals surface area contributed by atoms with E-state index in [9.17, 15) is 4.79 Å². The predicted molar refractivity (Wildman–Crippen MR) is 64.0 cm³/mol. The summed E-state index contributed by atoms with van der Waals surface area (Å²) in [5.41, 5.74) is -0.203. The van der Waals surface area contributed by atoms with Gasteiger partial charge in [0.2, 0.25) is 5.88 Å². The van der Waals surface area contributed by atoms with E-state index in [1.54, 1.807) is 26.0 Å². The lowest BCUT2D eigenvalue weighted by Gasteiger charge is -2.23. The SMILES string of the molecule is CCOc1ccc(C(=O)NC(C)(C)CO)cn1. The zero-order chi connectivity index (χ0) is 12.9. The molecule has 0 fully saturated rings. The first kappa shape index (κ1) is 13.4. The molecule has 1 heterocycles. The zero-order valence-corrected chi connectivity index (χ0v) is 10.4. The van der Waals surface area contributed by atoms with E-state index in [1.165, 1.54) is 6.20 Å². The van der Waals surface area contributed by atoms with Gasteiger partial charge in [-0.05, 0) is 26.8 Å². The Kier molecular flexibility index (Phi) is 4.45. The molecule has 1 aromatic heterocycles. The van der Waals surface area contributed by atoms with E-state index >= 15 is 0 Å². The molecule has 0 saturated carbocycles. The number of aliphatic hydroxyl groups is 1. The Labute approximate surface area is 101 Å². The second-order valence-electron chi connectivity index (χ2n) is 4.31. The first-order valence-corrected chi connectivity index (χ1v) is 5.50. The average molecular weight is 238 g/mol. The summed E-state index contributed by atoms with van der Waals surface area (Å²) in [4.78, 5) is 15.8. The monoisotopic (exact) mass is 238 g/mol. The van der Waals surface area contributed by atoms with Gasteiger partial charge in [-0.25, -0.2) is 4.98 Å². The van der Waals surface area contributed by atoms with E-state index < -0.39 is 5.54 Å². The number of aliphatic hydroxyl groups excluding tert-OH is 1. The smallest absolute Gasteiger partial charge is 0.253 e. The number of amides is 1. The van der Waals surface area contributed by atoms with E-state index in [4.69, 9.17) is 9.84 Å². The van der Waals surface area contributed by atoms with E-state index in [0.717, 1.165) is 0 Å². The number of carbonyl (C=O) groups is 1. The van der Waals surface area contributed by atoms with Crippen LogP contribution in [0.5, 0.6) is 5.88 Å². The van der Waals surface area contributed by atoms with Gasteiger partial charge >= 0.3 is 0 Å². The standard InChI is InChI=1S/C12H18N2O3/c1-4-17-10-6-5-9(7-13-10)11(16)14-12(2,3)8-15/h5-7,15H,4,8H2,1-3H3,(H,14,16). The van der Waals surface area contributed by atoms with Crippen molar-refractivity contribution in [2.45, 2.75) is 26.3 Å². The Morgan fingerprint density at radius 3 is 2.71 bits per heavy atom. The number of ether oxygens (including phenoxy) is 1. The molecule has 0 bridgehead atoms. The first-order chi connectivity index (χ1) is 7.98. The van der Waals surface area contributed by atoms with Crippen LogP contribution in [0.15, 0.2) is 18.3 Å². The summed E-state index contributed by atoms with van der Waals surface area (Å²) in [6.07, 6.45) is 1.45. The molecule has 0 atom stereocenters. The van der Waals surface area contributed by atoms with Crippen molar-refractivity contribution in [1.29, 1.82) is 0 Å². The first-order valence-electron chi connectivity index (χ1n) is 5.50. The van der Waals surface area contributed by atoms with Gasteiger partial charge in [0.15, 0.2) is 0 Å². The van der Waals surface area contributed by atoms with E-state index in [0.29, 0.717) is 18.1 Å². The fourth-order valence-electron chi connectivity index (χ4n) is 1.17. The number of hydrogen-bond donors (Lipinski definition) is 2. The molecule has 1 rings (SSSR count). The Bertz CT molecular complexity index is 374. The van der Waals surface area contributed by atoms with Crippen LogP contribution in [-0.2, 0) is 0 Å². The molecule has 5 heteroatoms. The number of rotatable bonds is 5. The van der Waals surface area contributed by atoms with E-state index in [1.807, 2.05) is 6.92 Å². The van der Waals surface area contributed by atoms with Gasteiger partial charge in [-0.3, -0.25) is 4.79 Å². The maximum absolute atomic E-state index is 11.8. The molecule has 1 amide bonds. The summed E-state index contributed by atoms with van der Waals surface area (Å²) in [7, 11) is 0. The van der Waals surface area contributed by atoms with Crippen LogP contribution in [0.2, 0.25) is 0 Å². The average Bonchev–Trinajstić information content (AvgIpc) is 2.30. The van der Waals surface area contributed by atoms with Crippen molar-refractivity contribution in [1.82, 2.24) is 10.3 Å². The van der Waals surface area contributed by atoms with Gasteiger partial charge in [-0.2, -0.15) is 0 Å². The van der Waals surface area contributed by atoms with Crippen molar-refractivity contribution in [2.75, 3.05) is 13.2 Å². The normalized spacial score (nSPS) is 11.1. The summed E-state index contributed by atoms with van der Waals surface area (Å²) in [6, 6.07) is 3.28. The molecule has 2 N–H and O–H groups in total. The van der Waals surface area contributed by atoms with Gasteiger partial charge < -0.3 is 15.2 Å². The minimum absolute atomic E-state index is 0.122. The molecule has 0 aliphatic rings. The number of carbonyl (C=O) groups excluding carboxylic acids is 1. The summed E-state index contributed by atoms with van der Waals surface area (Å²) >= 11 is 0. The fourth-order valence-corrected chi connectivity index (χ4v) is 1.17. The van der Waals surface area contributed by atoms with Crippen LogP contribution in [0.4, 0.5) is 0 Å². The molecule has 5 nitrogen and oxygen atoms in total. The third kappa shape index (κ3) is 4.03. The summed E-state index contributed by atoms with van der Waals surface area (Å²) < 4.78 is 5.18. The highest BCUT2D eigenvalue weighted by molar-refractivity contribution is 5.94. The third-order valence-corrected chi connectivity index (χ3v) is 2.14. The van der Waals surface area contributed by atoms with Crippen LogP contribution in [0.25, 0.3) is 0 Å². The lowest BCUT2D eigenvalue weighted by Crippen LogP contribution is -2.46. The lowest BCUT2D eigenvalue weighted by molar-refractivity contribution is 0.0869. The van der Waals surface area contributed by atoms with Crippen LogP contribution in [0.1, 0.15) is 31.1 Å². The van der Waals surface area contributed by atoms with Crippen molar-refractivity contribution in [3.8, 4) is 5.88 Å². The molecule has 0 spiro atoms. The van der Waals surface area contributed by atoms with Crippen LogP contribution in [-0.4, -0.2) is 34.8 Å². The molecule has 0 saturated heterocycles. The van der Waals surface area contributed by atoms with Crippen LogP contribution in [0, 0.1) is 0 Å². The van der Waals surface area contributed by atoms with Crippen molar-refractivity contribution < 1.29 is 14.6 Å². The van der Waals surface area contributed by atoms with Crippen molar-refractivity contribution in [3.05, 3.63) is 23.9 Å². The van der Waals surface area contributed by atoms with Gasteiger partial charge in [-0.15, -0.1) is 0 Å². The number of hydrogen-bond acceptors (Lipinski definition) is 4. The molecule has 0 aliphatic heterocycles. The molecule has 0 radical (unpaired) electrons. The zero-order valence-electron chi connectivity index (χ0n) is 10.4. The molecule has 94 valence electrons. The number of nitrogens with one attached hydrogen (secondary N) is 1. The summed E-state index contributed by atoms with van der Waals surface area (Å²) in [5.74, 6) is 0.227. The molecule has 0 unspecified atom stereocenters. The fraction of sp³-hybridized carbons (Fsp3) is 0.500. The van der Waals surface area contributed by atoms with Crippen molar-refractivity contribution in [2.24, 2.45) is 0 Å². The van der Waals surface area contributed by atoms with Crippen LogP contribution < -0.4 is 10.1 Å². The topological polar surface area (TPSA) is 71.5 Å². The Balaban J connectivity index is 2.70. The highest BCUT2D eigenvalue weighted by atomic mass is 16.5. The molecular formula is C12H18N2O3. The van der Waals surface area contributed by atoms with Gasteiger partial charge in [-0.1, -0.05) is 0 Å². The summed E-state index contributed by atoms with van der Waals surface area (Å²) in [5, 5.41) is 11.8. The number of pyridine rings is 1. The second-order valence-corrected chi connectivity index (χ2v) is 4.31. The van der Waals surface area contributed by atoms with Crippen LogP contribution >= 0.6 is 0 Å². The van der Waals surface area contributed by atoms with E-state index in [-0.39, 0.29) is 12.5 Å². The Morgan fingerprint density at radius 1 is 1.53 bits per heavy atom. The Hall–Kier alpha value is -1.62. The third-order valence-electron chi connectivity index (χ3n) is 2.14. The second kappa shape index (κ2) is 5.63. The number of nitrogens with zero attached hydrogens (tertiary/aromatic N) is 1. The molecule has 0 aromatic carbocycles. The minimum atomic E-state index is -0.643. The maximum Gasteiger partial charge on any atom is 0.253 e. The van der Waals surface area contributed by atoms with Gasteiger partial charge in [0.1, 0.15) is 0 Å². The highest BCUT2D eigenvalue weighted by Gasteiger charge is 2.20.